The molecule has 42 valence electrons. The van der Waals surface area contributed by atoms with Crippen LogP contribution in [0.25, 0.3) is 0 Å². The number of rotatable bonds is 0. The molecule has 0 atom stereocenters. The second kappa shape index (κ2) is 2.59. The highest BCUT2D eigenvalue weighted by atomic mass is 127. The van der Waals surface area contributed by atoms with Crippen LogP contribution in [0.15, 0.2) is 12.4 Å². The van der Waals surface area contributed by atoms with Gasteiger partial charge in [0.15, 0.2) is 0 Å². The molecule has 1 aromatic rings. The summed E-state index contributed by atoms with van der Waals surface area (Å²) in [6, 6.07) is 0. The fourth-order valence-corrected chi connectivity index (χ4v) is 1.03. The maximum Gasteiger partial charge on any atom is 0.148 e. The van der Waals surface area contributed by atoms with Crippen LogP contribution in [-0.2, 0) is 0 Å². The van der Waals surface area contributed by atoms with Crippen molar-refractivity contribution in [2.24, 2.45) is 0 Å². The zero-order valence-corrected chi connectivity index (χ0v) is 6.72. The molecule has 0 saturated heterocycles. The highest BCUT2D eigenvalue weighted by molar-refractivity contribution is 14.1. The SMILES string of the molecule is Clc1cncc(I)n1. The van der Waals surface area contributed by atoms with Crippen molar-refractivity contribution in [3.05, 3.63) is 21.2 Å². The van der Waals surface area contributed by atoms with Crippen LogP contribution in [0.1, 0.15) is 0 Å². The summed E-state index contributed by atoms with van der Waals surface area (Å²) in [4.78, 5) is 7.65. The van der Waals surface area contributed by atoms with E-state index in [0.717, 1.165) is 3.70 Å². The smallest absolute Gasteiger partial charge is 0.148 e. The van der Waals surface area contributed by atoms with Gasteiger partial charge in [-0.2, -0.15) is 0 Å². The normalized spacial score (nSPS) is 9.25. The molecule has 4 heteroatoms. The molecule has 2 nitrogen and oxygen atoms in total. The monoisotopic (exact) mass is 240 g/mol. The van der Waals surface area contributed by atoms with Crippen LogP contribution in [0.4, 0.5) is 0 Å². The van der Waals surface area contributed by atoms with Gasteiger partial charge in [-0.1, -0.05) is 11.6 Å². The van der Waals surface area contributed by atoms with Gasteiger partial charge >= 0.3 is 0 Å². The molecule has 0 fully saturated rings. The summed E-state index contributed by atoms with van der Waals surface area (Å²) in [5.74, 6) is 0. The van der Waals surface area contributed by atoms with Crippen molar-refractivity contribution in [3.63, 3.8) is 0 Å². The van der Waals surface area contributed by atoms with E-state index in [9.17, 15) is 0 Å². The van der Waals surface area contributed by atoms with Crippen molar-refractivity contribution in [3.8, 4) is 0 Å². The molecule has 0 N–H and O–H groups in total. The summed E-state index contributed by atoms with van der Waals surface area (Å²) < 4.78 is 0.815. The molecule has 0 unspecified atom stereocenters. The molecule has 0 aliphatic carbocycles. The van der Waals surface area contributed by atoms with Gasteiger partial charge in [0.05, 0.1) is 12.4 Å². The summed E-state index contributed by atoms with van der Waals surface area (Å²) in [5.41, 5.74) is 0. The molecular weight excluding hydrogens is 238 g/mol. The fraction of sp³-hybridized carbons (Fsp3) is 0. The predicted octanol–water partition coefficient (Wildman–Crippen LogP) is 1.73. The molecule has 0 aliphatic heterocycles. The second-order valence-corrected chi connectivity index (χ2v) is 2.66. The van der Waals surface area contributed by atoms with E-state index >= 15 is 0 Å². The van der Waals surface area contributed by atoms with Gasteiger partial charge in [0.2, 0.25) is 0 Å². The zero-order chi connectivity index (χ0) is 5.98. The maximum atomic E-state index is 5.47. The standard InChI is InChI=1S/C4H2ClIN2/c5-3-1-7-2-4(6)8-3/h1-2H. The molecule has 1 heterocycles. The number of hydrogen-bond donors (Lipinski definition) is 0. The minimum atomic E-state index is 0.442. The van der Waals surface area contributed by atoms with E-state index in [1.807, 2.05) is 22.6 Å². The van der Waals surface area contributed by atoms with Crippen LogP contribution in [0, 0.1) is 3.70 Å². The Morgan fingerprint density at radius 1 is 1.50 bits per heavy atom. The lowest BCUT2D eigenvalue weighted by molar-refractivity contribution is 1.16. The minimum absolute atomic E-state index is 0.442. The average molecular weight is 240 g/mol. The minimum Gasteiger partial charge on any atom is -0.259 e. The Morgan fingerprint density at radius 3 is 2.62 bits per heavy atom. The lowest BCUT2D eigenvalue weighted by atomic mass is 10.8. The van der Waals surface area contributed by atoms with Gasteiger partial charge in [0, 0.05) is 0 Å². The van der Waals surface area contributed by atoms with Gasteiger partial charge in [0.25, 0.3) is 0 Å². The van der Waals surface area contributed by atoms with Crippen molar-refractivity contribution in [1.82, 2.24) is 9.97 Å². The van der Waals surface area contributed by atoms with Crippen LogP contribution in [0.5, 0.6) is 0 Å². The highest BCUT2D eigenvalue weighted by Crippen LogP contribution is 2.03. The molecule has 0 aromatic carbocycles. The second-order valence-electron chi connectivity index (χ2n) is 1.16. The Kier molecular flexibility index (Phi) is 2.01. The van der Waals surface area contributed by atoms with Crippen LogP contribution in [0.3, 0.4) is 0 Å². The predicted molar refractivity (Wildman–Crippen MR) is 39.8 cm³/mol. The molecule has 0 saturated carbocycles. The first-order chi connectivity index (χ1) is 3.79. The van der Waals surface area contributed by atoms with E-state index in [1.54, 1.807) is 6.20 Å². The summed E-state index contributed by atoms with van der Waals surface area (Å²) in [5, 5.41) is 0.442. The molecule has 0 aliphatic rings. The number of nitrogens with zero attached hydrogens (tertiary/aromatic N) is 2. The zero-order valence-electron chi connectivity index (χ0n) is 3.81. The van der Waals surface area contributed by atoms with E-state index in [4.69, 9.17) is 11.6 Å². The van der Waals surface area contributed by atoms with Crippen LogP contribution in [-0.4, -0.2) is 9.97 Å². The Hall–Kier alpha value is 0.1000. The summed E-state index contributed by atoms with van der Waals surface area (Å²) in [6.07, 6.45) is 3.15. The van der Waals surface area contributed by atoms with Gasteiger partial charge in [0.1, 0.15) is 8.85 Å². The average Bonchev–Trinajstić information content (AvgIpc) is 1.64. The molecule has 0 spiro atoms. The molecule has 0 bridgehead atoms. The summed E-state index contributed by atoms with van der Waals surface area (Å²) >= 11 is 7.51. The van der Waals surface area contributed by atoms with E-state index in [2.05, 4.69) is 9.97 Å². The molecule has 1 aromatic heterocycles. The van der Waals surface area contributed by atoms with Crippen molar-refractivity contribution < 1.29 is 0 Å². The van der Waals surface area contributed by atoms with Crippen LogP contribution in [0.2, 0.25) is 5.15 Å². The van der Waals surface area contributed by atoms with Gasteiger partial charge in [-0.05, 0) is 22.6 Å². The van der Waals surface area contributed by atoms with Gasteiger partial charge < -0.3 is 0 Å². The Bertz CT molecular complexity index is 174. The Labute approximate surface area is 65.4 Å². The molecular formula is C4H2ClIN2. The van der Waals surface area contributed by atoms with E-state index < -0.39 is 0 Å². The molecule has 8 heavy (non-hydrogen) atoms. The molecule has 0 radical (unpaired) electrons. The third kappa shape index (κ3) is 1.56. The molecule has 1 rings (SSSR count). The van der Waals surface area contributed by atoms with E-state index in [-0.39, 0.29) is 0 Å². The first-order valence-corrected chi connectivity index (χ1v) is 3.38. The first-order valence-electron chi connectivity index (χ1n) is 1.92. The third-order valence-corrected chi connectivity index (χ3v) is 1.28. The third-order valence-electron chi connectivity index (χ3n) is 0.576. The van der Waals surface area contributed by atoms with E-state index in [0.29, 0.717) is 5.15 Å². The Balaban J connectivity index is 3.08. The van der Waals surface area contributed by atoms with E-state index in [1.165, 1.54) is 6.20 Å². The first kappa shape index (κ1) is 6.22. The maximum absolute atomic E-state index is 5.47. The molecule has 0 amide bonds. The number of hydrogen-bond acceptors (Lipinski definition) is 2. The van der Waals surface area contributed by atoms with Crippen molar-refractivity contribution in [2.45, 2.75) is 0 Å². The summed E-state index contributed by atoms with van der Waals surface area (Å²) in [7, 11) is 0. The number of aromatic nitrogens is 2. The largest absolute Gasteiger partial charge is 0.259 e. The van der Waals surface area contributed by atoms with Crippen molar-refractivity contribution in [1.29, 1.82) is 0 Å². The summed E-state index contributed by atoms with van der Waals surface area (Å²) in [6.45, 7) is 0. The Morgan fingerprint density at radius 2 is 2.25 bits per heavy atom. The van der Waals surface area contributed by atoms with Crippen molar-refractivity contribution in [2.75, 3.05) is 0 Å². The quantitative estimate of drug-likeness (QED) is 0.646. The lowest BCUT2D eigenvalue weighted by Gasteiger charge is -1.85. The van der Waals surface area contributed by atoms with Crippen LogP contribution < -0.4 is 0 Å². The highest BCUT2D eigenvalue weighted by Gasteiger charge is 1.87. The lowest BCUT2D eigenvalue weighted by Crippen LogP contribution is -1.80. The van der Waals surface area contributed by atoms with Gasteiger partial charge in [-0.15, -0.1) is 0 Å². The number of halogens is 2. The van der Waals surface area contributed by atoms with Crippen molar-refractivity contribution >= 4 is 34.2 Å². The van der Waals surface area contributed by atoms with Gasteiger partial charge in [-0.3, -0.25) is 4.98 Å². The topological polar surface area (TPSA) is 25.8 Å². The fourth-order valence-electron chi connectivity index (χ4n) is 0.320. The van der Waals surface area contributed by atoms with Crippen LogP contribution >= 0.6 is 34.2 Å². The van der Waals surface area contributed by atoms with Gasteiger partial charge in [-0.25, -0.2) is 4.98 Å².